The number of hydrogen-bond donors (Lipinski definition) is 0. The molecule has 0 N–H and O–H groups in total. The summed E-state index contributed by atoms with van der Waals surface area (Å²) in [6, 6.07) is 4.73. The van der Waals surface area contributed by atoms with Crippen molar-refractivity contribution in [3.63, 3.8) is 0 Å². The molecule has 0 bridgehead atoms. The molecule has 0 aromatic carbocycles. The van der Waals surface area contributed by atoms with Gasteiger partial charge in [0.2, 0.25) is 0 Å². The Morgan fingerprint density at radius 2 is 1.86 bits per heavy atom. The van der Waals surface area contributed by atoms with Gasteiger partial charge in [-0.3, -0.25) is 4.98 Å². The zero-order chi connectivity index (χ0) is 10.7. The van der Waals surface area contributed by atoms with Crippen LogP contribution in [0.2, 0.25) is 0 Å². The van der Waals surface area contributed by atoms with Crippen LogP contribution in [0.4, 0.5) is 5.69 Å². The van der Waals surface area contributed by atoms with Gasteiger partial charge in [0.1, 0.15) is 0 Å². The van der Waals surface area contributed by atoms with Crippen LogP contribution in [0.15, 0.2) is 12.1 Å². The van der Waals surface area contributed by atoms with Crippen molar-refractivity contribution >= 4 is 21.6 Å². The maximum absolute atomic E-state index is 4.36. The molecule has 0 aliphatic heterocycles. The fourth-order valence-electron chi connectivity index (χ4n) is 1.37. The lowest BCUT2D eigenvalue weighted by Gasteiger charge is -2.25. The quantitative estimate of drug-likeness (QED) is 0.774. The minimum atomic E-state index is 0.496. The lowest BCUT2D eigenvalue weighted by molar-refractivity contribution is 0.767. The number of aromatic nitrogens is 1. The number of anilines is 1. The molecule has 0 fully saturated rings. The maximum Gasteiger partial charge on any atom is 0.0402 e. The highest BCUT2D eigenvalue weighted by Crippen LogP contribution is 2.17. The summed E-state index contributed by atoms with van der Waals surface area (Å²) in [6.07, 6.45) is 0. The van der Waals surface area contributed by atoms with Gasteiger partial charge < -0.3 is 4.90 Å². The standard InChI is InChI=1S/C11H17BrN2/c1-8-5-11(6-9(2)13-8)14(4)10(3)7-12/h5-6,10H,7H2,1-4H3. The van der Waals surface area contributed by atoms with E-state index in [0.717, 1.165) is 16.7 Å². The van der Waals surface area contributed by atoms with Crippen LogP contribution in [0.1, 0.15) is 18.3 Å². The van der Waals surface area contributed by atoms with Crippen LogP contribution in [0, 0.1) is 13.8 Å². The molecular weight excluding hydrogens is 240 g/mol. The largest absolute Gasteiger partial charge is 0.371 e. The van der Waals surface area contributed by atoms with Gasteiger partial charge in [-0.05, 0) is 32.9 Å². The van der Waals surface area contributed by atoms with Gasteiger partial charge in [-0.15, -0.1) is 0 Å². The van der Waals surface area contributed by atoms with E-state index in [0.29, 0.717) is 6.04 Å². The average molecular weight is 257 g/mol. The lowest BCUT2D eigenvalue weighted by Crippen LogP contribution is -2.30. The predicted molar refractivity (Wildman–Crippen MR) is 65.4 cm³/mol. The molecule has 1 rings (SSSR count). The number of alkyl halides is 1. The molecule has 78 valence electrons. The summed E-state index contributed by atoms with van der Waals surface area (Å²) in [5.74, 6) is 0. The van der Waals surface area contributed by atoms with E-state index in [1.165, 1.54) is 5.69 Å². The van der Waals surface area contributed by atoms with Crippen molar-refractivity contribution in [1.29, 1.82) is 0 Å². The van der Waals surface area contributed by atoms with E-state index in [1.54, 1.807) is 0 Å². The van der Waals surface area contributed by atoms with E-state index in [1.807, 2.05) is 13.8 Å². The van der Waals surface area contributed by atoms with Crippen LogP contribution in [-0.2, 0) is 0 Å². The first-order chi connectivity index (χ1) is 6.54. The number of halogens is 1. The highest BCUT2D eigenvalue weighted by atomic mass is 79.9. The van der Waals surface area contributed by atoms with Crippen LogP contribution in [0.5, 0.6) is 0 Å². The van der Waals surface area contributed by atoms with Gasteiger partial charge in [0, 0.05) is 35.5 Å². The molecule has 0 amide bonds. The van der Waals surface area contributed by atoms with Gasteiger partial charge in [0.05, 0.1) is 0 Å². The van der Waals surface area contributed by atoms with Crippen molar-refractivity contribution in [3.8, 4) is 0 Å². The van der Waals surface area contributed by atoms with E-state index in [2.05, 4.69) is 51.9 Å². The second-order valence-electron chi connectivity index (χ2n) is 3.72. The predicted octanol–water partition coefficient (Wildman–Crippen LogP) is 2.92. The second-order valence-corrected chi connectivity index (χ2v) is 4.37. The van der Waals surface area contributed by atoms with Gasteiger partial charge in [-0.1, -0.05) is 15.9 Å². The molecule has 1 aromatic heterocycles. The van der Waals surface area contributed by atoms with Crippen molar-refractivity contribution < 1.29 is 0 Å². The minimum absolute atomic E-state index is 0.496. The maximum atomic E-state index is 4.36. The van der Waals surface area contributed by atoms with Crippen molar-refractivity contribution in [2.75, 3.05) is 17.3 Å². The van der Waals surface area contributed by atoms with Gasteiger partial charge in [-0.2, -0.15) is 0 Å². The first kappa shape index (κ1) is 11.5. The fraction of sp³-hybridized carbons (Fsp3) is 0.545. The summed E-state index contributed by atoms with van der Waals surface area (Å²) in [5.41, 5.74) is 3.39. The molecule has 14 heavy (non-hydrogen) atoms. The van der Waals surface area contributed by atoms with E-state index >= 15 is 0 Å². The van der Waals surface area contributed by atoms with E-state index in [4.69, 9.17) is 0 Å². The number of aryl methyl sites for hydroxylation is 2. The van der Waals surface area contributed by atoms with Crippen LogP contribution in [-0.4, -0.2) is 23.4 Å². The summed E-state index contributed by atoms with van der Waals surface area (Å²) < 4.78 is 0. The van der Waals surface area contributed by atoms with Gasteiger partial charge in [0.15, 0.2) is 0 Å². The van der Waals surface area contributed by atoms with Crippen molar-refractivity contribution in [3.05, 3.63) is 23.5 Å². The molecular formula is C11H17BrN2. The number of nitrogens with zero attached hydrogens (tertiary/aromatic N) is 2. The van der Waals surface area contributed by atoms with Gasteiger partial charge >= 0.3 is 0 Å². The molecule has 0 saturated carbocycles. The smallest absolute Gasteiger partial charge is 0.0402 e. The Morgan fingerprint density at radius 3 is 2.29 bits per heavy atom. The van der Waals surface area contributed by atoms with Crippen LogP contribution >= 0.6 is 15.9 Å². The first-order valence-corrected chi connectivity index (χ1v) is 5.91. The average Bonchev–Trinajstić information content (AvgIpc) is 2.14. The Hall–Kier alpha value is -0.570. The Bertz CT molecular complexity index is 292. The Kier molecular flexibility index (Phi) is 3.93. The molecule has 2 nitrogen and oxygen atoms in total. The zero-order valence-corrected chi connectivity index (χ0v) is 10.8. The molecule has 1 unspecified atom stereocenters. The Balaban J connectivity index is 2.94. The molecule has 1 heterocycles. The Labute approximate surface area is 94.5 Å². The number of pyridine rings is 1. The van der Waals surface area contributed by atoms with Crippen molar-refractivity contribution in [2.24, 2.45) is 0 Å². The summed E-state index contributed by atoms with van der Waals surface area (Å²) in [4.78, 5) is 6.62. The second kappa shape index (κ2) is 4.78. The van der Waals surface area contributed by atoms with E-state index in [-0.39, 0.29) is 0 Å². The molecule has 0 saturated heterocycles. The summed E-state index contributed by atoms with van der Waals surface area (Å²) >= 11 is 3.49. The highest BCUT2D eigenvalue weighted by molar-refractivity contribution is 9.09. The molecule has 0 aliphatic rings. The third-order valence-electron chi connectivity index (χ3n) is 2.36. The molecule has 1 aromatic rings. The molecule has 0 aliphatic carbocycles. The topological polar surface area (TPSA) is 16.1 Å². The van der Waals surface area contributed by atoms with Crippen LogP contribution in [0.3, 0.4) is 0 Å². The third-order valence-corrected chi connectivity index (χ3v) is 3.30. The summed E-state index contributed by atoms with van der Waals surface area (Å²) in [7, 11) is 2.11. The van der Waals surface area contributed by atoms with Crippen LogP contribution in [0.25, 0.3) is 0 Å². The molecule has 0 spiro atoms. The van der Waals surface area contributed by atoms with Crippen molar-refractivity contribution in [2.45, 2.75) is 26.8 Å². The molecule has 3 heteroatoms. The minimum Gasteiger partial charge on any atom is -0.371 e. The van der Waals surface area contributed by atoms with Crippen molar-refractivity contribution in [1.82, 2.24) is 4.98 Å². The molecule has 0 radical (unpaired) electrons. The fourth-order valence-corrected chi connectivity index (χ4v) is 1.81. The first-order valence-electron chi connectivity index (χ1n) is 4.78. The van der Waals surface area contributed by atoms with Gasteiger partial charge in [-0.25, -0.2) is 0 Å². The Morgan fingerprint density at radius 1 is 1.36 bits per heavy atom. The normalized spacial score (nSPS) is 12.6. The highest BCUT2D eigenvalue weighted by Gasteiger charge is 2.09. The SMILES string of the molecule is Cc1cc(N(C)C(C)CBr)cc(C)n1. The number of rotatable bonds is 3. The van der Waals surface area contributed by atoms with Crippen LogP contribution < -0.4 is 4.90 Å². The monoisotopic (exact) mass is 256 g/mol. The van der Waals surface area contributed by atoms with Gasteiger partial charge in [0.25, 0.3) is 0 Å². The van der Waals surface area contributed by atoms with E-state index in [9.17, 15) is 0 Å². The zero-order valence-electron chi connectivity index (χ0n) is 9.21. The number of hydrogen-bond acceptors (Lipinski definition) is 2. The lowest BCUT2D eigenvalue weighted by atomic mass is 10.2. The summed E-state index contributed by atoms with van der Waals surface area (Å²) in [5, 5.41) is 0.976. The third kappa shape index (κ3) is 2.71. The summed E-state index contributed by atoms with van der Waals surface area (Å²) in [6.45, 7) is 6.26. The molecule has 1 atom stereocenters. The van der Waals surface area contributed by atoms with E-state index < -0.39 is 0 Å².